The van der Waals surface area contributed by atoms with E-state index in [0.29, 0.717) is 23.9 Å². The molecule has 4 aromatic rings. The molecule has 0 fully saturated rings. The Labute approximate surface area is 186 Å². The quantitative estimate of drug-likeness (QED) is 0.383. The molecule has 0 amide bonds. The molecule has 0 unspecified atom stereocenters. The highest BCUT2D eigenvalue weighted by molar-refractivity contribution is 5.54. The van der Waals surface area contributed by atoms with Gasteiger partial charge < -0.3 is 23.6 Å². The summed E-state index contributed by atoms with van der Waals surface area (Å²) in [5.74, 6) is 3.26. The van der Waals surface area contributed by atoms with E-state index in [9.17, 15) is 5.26 Å². The summed E-state index contributed by atoms with van der Waals surface area (Å²) in [6.07, 6.45) is 0.756. The van der Waals surface area contributed by atoms with Crippen LogP contribution in [-0.2, 0) is 13.0 Å². The molecule has 7 nitrogen and oxygen atoms in total. The van der Waals surface area contributed by atoms with Gasteiger partial charge in [0.15, 0.2) is 5.76 Å². The first-order valence-electron chi connectivity index (χ1n) is 10.2. The van der Waals surface area contributed by atoms with Crippen LogP contribution in [0.25, 0.3) is 11.7 Å². The van der Waals surface area contributed by atoms with Gasteiger partial charge in [-0.2, -0.15) is 10.2 Å². The van der Waals surface area contributed by atoms with Crippen molar-refractivity contribution in [3.8, 4) is 29.2 Å². The second-order valence-electron chi connectivity index (χ2n) is 7.15. The van der Waals surface area contributed by atoms with E-state index < -0.39 is 0 Å². The predicted octanol–water partition coefficient (Wildman–Crippen LogP) is 5.36. The van der Waals surface area contributed by atoms with Crippen LogP contribution in [0, 0.1) is 18.3 Å². The van der Waals surface area contributed by atoms with Crippen molar-refractivity contribution in [2.75, 3.05) is 19.0 Å². The van der Waals surface area contributed by atoms with Gasteiger partial charge in [-0.3, -0.25) is 0 Å². The molecule has 32 heavy (non-hydrogen) atoms. The maximum absolute atomic E-state index is 9.42. The third-order valence-electron chi connectivity index (χ3n) is 4.93. The summed E-state index contributed by atoms with van der Waals surface area (Å²) in [6.45, 7) is 2.86. The van der Waals surface area contributed by atoms with E-state index in [1.54, 1.807) is 19.2 Å². The molecule has 2 aromatic heterocycles. The minimum absolute atomic E-state index is 0.184. The van der Waals surface area contributed by atoms with Gasteiger partial charge in [-0.1, -0.05) is 30.3 Å². The van der Waals surface area contributed by atoms with Crippen molar-refractivity contribution in [1.82, 2.24) is 4.98 Å². The molecule has 0 bridgehead atoms. The summed E-state index contributed by atoms with van der Waals surface area (Å²) < 4.78 is 22.6. The number of aromatic nitrogens is 1. The molecule has 1 N–H and O–H groups in total. The van der Waals surface area contributed by atoms with Crippen LogP contribution in [-0.4, -0.2) is 18.6 Å². The Kier molecular flexibility index (Phi) is 6.42. The van der Waals surface area contributed by atoms with E-state index in [2.05, 4.69) is 16.4 Å². The number of anilines is 1. The van der Waals surface area contributed by atoms with Crippen molar-refractivity contribution in [2.24, 2.45) is 0 Å². The van der Waals surface area contributed by atoms with Crippen LogP contribution in [0.4, 0.5) is 5.88 Å². The van der Waals surface area contributed by atoms with Crippen molar-refractivity contribution in [2.45, 2.75) is 20.0 Å². The number of rotatable bonds is 9. The first-order chi connectivity index (χ1) is 15.7. The van der Waals surface area contributed by atoms with Gasteiger partial charge in [0.1, 0.15) is 29.9 Å². The summed E-state index contributed by atoms with van der Waals surface area (Å²) >= 11 is 0. The van der Waals surface area contributed by atoms with Crippen LogP contribution < -0.4 is 14.8 Å². The number of hydrogen-bond donors (Lipinski definition) is 1. The van der Waals surface area contributed by atoms with Gasteiger partial charge in [0, 0.05) is 6.54 Å². The second kappa shape index (κ2) is 9.75. The number of oxazole rings is 1. The zero-order valence-corrected chi connectivity index (χ0v) is 17.9. The molecular formula is C25H23N3O4. The van der Waals surface area contributed by atoms with E-state index in [4.69, 9.17) is 18.3 Å². The normalized spacial score (nSPS) is 10.5. The van der Waals surface area contributed by atoms with Crippen molar-refractivity contribution in [1.29, 1.82) is 5.26 Å². The molecule has 0 saturated carbocycles. The SMILES string of the molecule is COc1ccc(CCNc2oc(-c3ccc(COc4ccccc4C)o3)nc2C#N)cc1. The van der Waals surface area contributed by atoms with Crippen molar-refractivity contribution >= 4 is 5.88 Å². The van der Waals surface area contributed by atoms with Crippen molar-refractivity contribution < 1.29 is 18.3 Å². The number of aryl methyl sites for hydroxylation is 1. The molecular weight excluding hydrogens is 406 g/mol. The van der Waals surface area contributed by atoms with Crippen LogP contribution in [0.3, 0.4) is 0 Å². The Bertz CT molecular complexity index is 1220. The first kappa shape index (κ1) is 21.1. The fourth-order valence-corrected chi connectivity index (χ4v) is 3.17. The lowest BCUT2D eigenvalue weighted by Gasteiger charge is -2.06. The van der Waals surface area contributed by atoms with Gasteiger partial charge in [-0.05, 0) is 54.8 Å². The molecule has 162 valence electrons. The van der Waals surface area contributed by atoms with E-state index in [0.717, 1.165) is 29.0 Å². The number of furan rings is 1. The number of methoxy groups -OCH3 is 1. The van der Waals surface area contributed by atoms with Gasteiger partial charge in [0.25, 0.3) is 5.89 Å². The third-order valence-corrected chi connectivity index (χ3v) is 4.93. The van der Waals surface area contributed by atoms with Gasteiger partial charge in [-0.15, -0.1) is 0 Å². The first-order valence-corrected chi connectivity index (χ1v) is 10.2. The standard InChI is InChI=1S/C25H23N3O4/c1-17-5-3-4-6-22(17)30-16-20-11-12-23(31-20)25-28-21(15-26)24(32-25)27-14-13-18-7-9-19(29-2)10-8-18/h3-12,27H,13-14,16H2,1-2H3. The highest BCUT2D eigenvalue weighted by Gasteiger charge is 2.17. The van der Waals surface area contributed by atoms with Crippen LogP contribution in [0.15, 0.2) is 69.5 Å². The highest BCUT2D eigenvalue weighted by Crippen LogP contribution is 2.28. The molecule has 4 rings (SSSR count). The van der Waals surface area contributed by atoms with Gasteiger partial charge in [0.2, 0.25) is 11.6 Å². The molecule has 2 aromatic carbocycles. The van der Waals surface area contributed by atoms with Crippen LogP contribution in [0.5, 0.6) is 11.5 Å². The maximum Gasteiger partial charge on any atom is 0.266 e. The van der Waals surface area contributed by atoms with Crippen LogP contribution in [0.2, 0.25) is 0 Å². The van der Waals surface area contributed by atoms with Gasteiger partial charge in [-0.25, -0.2) is 0 Å². The molecule has 7 heteroatoms. The minimum atomic E-state index is 0.184. The van der Waals surface area contributed by atoms with E-state index >= 15 is 0 Å². The smallest absolute Gasteiger partial charge is 0.266 e. The summed E-state index contributed by atoms with van der Waals surface area (Å²) in [5.41, 5.74) is 2.38. The lowest BCUT2D eigenvalue weighted by atomic mass is 10.1. The minimum Gasteiger partial charge on any atom is -0.497 e. The Morgan fingerprint density at radius 1 is 1.03 bits per heavy atom. The van der Waals surface area contributed by atoms with Gasteiger partial charge >= 0.3 is 0 Å². The number of nitriles is 1. The summed E-state index contributed by atoms with van der Waals surface area (Å²) in [6, 6.07) is 21.2. The molecule has 0 saturated heterocycles. The van der Waals surface area contributed by atoms with Gasteiger partial charge in [0.05, 0.1) is 7.11 Å². The van der Waals surface area contributed by atoms with Crippen LogP contribution >= 0.6 is 0 Å². The number of hydrogen-bond acceptors (Lipinski definition) is 7. The summed E-state index contributed by atoms with van der Waals surface area (Å²) in [7, 11) is 1.64. The zero-order valence-electron chi connectivity index (χ0n) is 17.9. The fourth-order valence-electron chi connectivity index (χ4n) is 3.17. The van der Waals surface area contributed by atoms with E-state index in [1.165, 1.54) is 0 Å². The average molecular weight is 429 g/mol. The Balaban J connectivity index is 1.38. The molecule has 0 radical (unpaired) electrons. The number of ether oxygens (including phenoxy) is 2. The Morgan fingerprint density at radius 3 is 2.59 bits per heavy atom. The monoisotopic (exact) mass is 429 g/mol. The topological polar surface area (TPSA) is 93.4 Å². The number of para-hydroxylation sites is 1. The third kappa shape index (κ3) is 4.93. The second-order valence-corrected chi connectivity index (χ2v) is 7.15. The van der Waals surface area contributed by atoms with Crippen molar-refractivity contribution in [3.05, 3.63) is 83.2 Å². The van der Waals surface area contributed by atoms with E-state index in [1.807, 2.05) is 55.5 Å². The van der Waals surface area contributed by atoms with Crippen LogP contribution in [0.1, 0.15) is 22.6 Å². The summed E-state index contributed by atoms with van der Waals surface area (Å²) in [4.78, 5) is 4.25. The number of nitrogens with zero attached hydrogens (tertiary/aromatic N) is 2. The number of benzene rings is 2. The number of nitrogens with one attached hydrogen (secondary N) is 1. The van der Waals surface area contributed by atoms with Crippen molar-refractivity contribution in [3.63, 3.8) is 0 Å². The average Bonchev–Trinajstić information content (AvgIpc) is 3.46. The molecule has 2 heterocycles. The van der Waals surface area contributed by atoms with E-state index in [-0.39, 0.29) is 18.2 Å². The lowest BCUT2D eigenvalue weighted by molar-refractivity contribution is 0.269. The highest BCUT2D eigenvalue weighted by atomic mass is 16.5. The largest absolute Gasteiger partial charge is 0.497 e. The fraction of sp³-hybridized carbons (Fsp3) is 0.200. The Hall–Kier alpha value is -4.18. The molecule has 0 aliphatic rings. The molecule has 0 aliphatic carbocycles. The summed E-state index contributed by atoms with van der Waals surface area (Å²) in [5, 5.41) is 12.6. The zero-order chi connectivity index (χ0) is 22.3. The Morgan fingerprint density at radius 2 is 1.84 bits per heavy atom. The molecule has 0 atom stereocenters. The maximum atomic E-state index is 9.42. The lowest BCUT2D eigenvalue weighted by Crippen LogP contribution is -2.05. The molecule has 0 spiro atoms. The predicted molar refractivity (Wildman–Crippen MR) is 120 cm³/mol. The molecule has 0 aliphatic heterocycles.